The summed E-state index contributed by atoms with van der Waals surface area (Å²) in [6.07, 6.45) is 0. The van der Waals surface area contributed by atoms with Gasteiger partial charge in [0, 0.05) is 5.56 Å². The molecule has 6 nitrogen and oxygen atoms in total. The Labute approximate surface area is 148 Å². The second-order valence-corrected chi connectivity index (χ2v) is 6.21. The number of ether oxygens (including phenoxy) is 1. The van der Waals surface area contributed by atoms with Gasteiger partial charge in [0.05, 0.1) is 17.0 Å². The van der Waals surface area contributed by atoms with Gasteiger partial charge in [0.2, 0.25) is 0 Å². The van der Waals surface area contributed by atoms with Gasteiger partial charge in [-0.05, 0) is 38.5 Å². The summed E-state index contributed by atoms with van der Waals surface area (Å²) in [6.45, 7) is 4.58. The Morgan fingerprint density at radius 3 is 2.32 bits per heavy atom. The molecule has 1 aromatic carbocycles. The molecule has 0 aliphatic rings. The molecule has 0 spiro atoms. The molecule has 1 aromatic heterocycles. The molecule has 1 amide bonds. The molecule has 0 atom stereocenters. The van der Waals surface area contributed by atoms with Crippen molar-refractivity contribution in [3.05, 3.63) is 51.9 Å². The van der Waals surface area contributed by atoms with E-state index in [1.165, 1.54) is 6.92 Å². The van der Waals surface area contributed by atoms with Crippen molar-refractivity contribution in [1.82, 2.24) is 0 Å². The molecule has 130 valence electrons. The number of ketones is 2. The van der Waals surface area contributed by atoms with Gasteiger partial charge in [0.25, 0.3) is 11.7 Å². The van der Waals surface area contributed by atoms with Crippen molar-refractivity contribution in [2.75, 3.05) is 11.9 Å². The van der Waals surface area contributed by atoms with Crippen LogP contribution in [-0.4, -0.2) is 30.0 Å². The largest absolute Gasteiger partial charge is 0.460 e. The Bertz CT molecular complexity index is 839. The summed E-state index contributed by atoms with van der Waals surface area (Å²) in [5.41, 5.74) is 1.00. The van der Waals surface area contributed by atoms with E-state index < -0.39 is 17.7 Å². The van der Waals surface area contributed by atoms with Crippen molar-refractivity contribution in [2.24, 2.45) is 0 Å². The second-order valence-electron chi connectivity index (χ2n) is 5.19. The molecular weight excluding hydrogens is 342 g/mol. The molecule has 25 heavy (non-hydrogen) atoms. The van der Waals surface area contributed by atoms with Crippen LogP contribution in [0.5, 0.6) is 0 Å². The van der Waals surface area contributed by atoms with E-state index in [1.54, 1.807) is 44.2 Å². The summed E-state index contributed by atoms with van der Waals surface area (Å²) in [7, 11) is 0. The number of anilines is 1. The van der Waals surface area contributed by atoms with Crippen molar-refractivity contribution < 1.29 is 23.9 Å². The monoisotopic (exact) mass is 359 g/mol. The Balaban J connectivity index is 2.39. The zero-order valence-electron chi connectivity index (χ0n) is 14.0. The molecule has 0 saturated heterocycles. The van der Waals surface area contributed by atoms with Crippen LogP contribution in [0.25, 0.3) is 0 Å². The van der Waals surface area contributed by atoms with E-state index in [1.807, 2.05) is 0 Å². The minimum Gasteiger partial charge on any atom is -0.460 e. The number of thiophene rings is 1. The molecule has 1 heterocycles. The number of carbonyl (C=O) groups excluding carboxylic acids is 4. The van der Waals surface area contributed by atoms with Crippen LogP contribution in [0.2, 0.25) is 0 Å². The van der Waals surface area contributed by atoms with Crippen LogP contribution in [0.3, 0.4) is 0 Å². The Morgan fingerprint density at radius 1 is 1.12 bits per heavy atom. The van der Waals surface area contributed by atoms with E-state index in [2.05, 4.69) is 5.32 Å². The first-order valence-electron chi connectivity index (χ1n) is 7.59. The van der Waals surface area contributed by atoms with Gasteiger partial charge in [-0.15, -0.1) is 11.3 Å². The predicted octanol–water partition coefficient (Wildman–Crippen LogP) is 3.26. The lowest BCUT2D eigenvalue weighted by molar-refractivity contribution is -0.137. The second kappa shape index (κ2) is 7.85. The van der Waals surface area contributed by atoms with Gasteiger partial charge in [-0.2, -0.15) is 0 Å². The predicted molar refractivity (Wildman–Crippen MR) is 94.4 cm³/mol. The summed E-state index contributed by atoms with van der Waals surface area (Å²) < 4.78 is 4.72. The molecule has 0 radical (unpaired) electrons. The van der Waals surface area contributed by atoms with Crippen LogP contribution in [-0.2, 0) is 9.53 Å². The molecule has 0 unspecified atom stereocenters. The number of carbonyl (C=O) groups is 4. The standard InChI is InChI=1S/C18H17NO5S/c1-4-24-18(23)14(21)15-10(2)13(11(3)20)17(25-15)19-16(22)12-8-6-5-7-9-12/h5-9H,4H2,1-3H3,(H,19,22). The van der Waals surface area contributed by atoms with Crippen LogP contribution in [0.4, 0.5) is 5.00 Å². The normalized spacial score (nSPS) is 10.2. The zero-order chi connectivity index (χ0) is 18.6. The molecule has 0 bridgehead atoms. The molecule has 2 aromatic rings. The first-order chi connectivity index (χ1) is 11.9. The number of rotatable bonds is 6. The summed E-state index contributed by atoms with van der Waals surface area (Å²) in [5.74, 6) is -2.52. The lowest BCUT2D eigenvalue weighted by Crippen LogP contribution is -2.17. The van der Waals surface area contributed by atoms with Crippen LogP contribution in [0, 0.1) is 6.92 Å². The number of benzene rings is 1. The fourth-order valence-corrected chi connectivity index (χ4v) is 3.47. The topological polar surface area (TPSA) is 89.5 Å². The molecule has 2 rings (SSSR count). The van der Waals surface area contributed by atoms with Crippen LogP contribution in [0.15, 0.2) is 30.3 Å². The fraction of sp³-hybridized carbons (Fsp3) is 0.222. The summed E-state index contributed by atoms with van der Waals surface area (Å²) >= 11 is 0.897. The van der Waals surface area contributed by atoms with Crippen LogP contribution >= 0.6 is 11.3 Å². The van der Waals surface area contributed by atoms with Gasteiger partial charge in [-0.1, -0.05) is 18.2 Å². The third kappa shape index (κ3) is 4.00. The third-order valence-electron chi connectivity index (χ3n) is 3.43. The van der Waals surface area contributed by atoms with Crippen LogP contribution in [0.1, 0.15) is 49.8 Å². The summed E-state index contributed by atoms with van der Waals surface area (Å²) in [6, 6.07) is 8.48. The molecule has 7 heteroatoms. The molecule has 0 aliphatic heterocycles. The average molecular weight is 359 g/mol. The van der Waals surface area contributed by atoms with Crippen molar-refractivity contribution >= 4 is 39.8 Å². The lowest BCUT2D eigenvalue weighted by Gasteiger charge is -2.05. The van der Waals surface area contributed by atoms with E-state index in [0.29, 0.717) is 11.1 Å². The first kappa shape index (κ1) is 18.5. The number of amides is 1. The van der Waals surface area contributed by atoms with Gasteiger partial charge < -0.3 is 10.1 Å². The highest BCUT2D eigenvalue weighted by atomic mass is 32.1. The van der Waals surface area contributed by atoms with E-state index in [0.717, 1.165) is 11.3 Å². The highest BCUT2D eigenvalue weighted by molar-refractivity contribution is 7.19. The third-order valence-corrected chi connectivity index (χ3v) is 4.63. The minimum absolute atomic E-state index is 0.0756. The molecule has 0 saturated carbocycles. The maximum Gasteiger partial charge on any atom is 0.380 e. The summed E-state index contributed by atoms with van der Waals surface area (Å²) in [4.78, 5) is 48.3. The van der Waals surface area contributed by atoms with Gasteiger partial charge >= 0.3 is 5.97 Å². The van der Waals surface area contributed by atoms with Gasteiger partial charge in [0.15, 0.2) is 5.78 Å². The maximum atomic E-state index is 12.3. The van der Waals surface area contributed by atoms with E-state index in [9.17, 15) is 19.2 Å². The maximum absolute atomic E-state index is 12.3. The fourth-order valence-electron chi connectivity index (χ4n) is 2.30. The average Bonchev–Trinajstić information content (AvgIpc) is 2.91. The molecular formula is C18H17NO5S. The molecule has 0 aliphatic carbocycles. The van der Waals surface area contributed by atoms with E-state index >= 15 is 0 Å². The van der Waals surface area contributed by atoms with Crippen molar-refractivity contribution in [2.45, 2.75) is 20.8 Å². The Morgan fingerprint density at radius 2 is 1.76 bits per heavy atom. The van der Waals surface area contributed by atoms with Gasteiger partial charge in [0.1, 0.15) is 5.00 Å². The Kier molecular flexibility index (Phi) is 5.82. The van der Waals surface area contributed by atoms with Gasteiger partial charge in [-0.3, -0.25) is 14.4 Å². The van der Waals surface area contributed by atoms with Crippen molar-refractivity contribution in [3.8, 4) is 0 Å². The van der Waals surface area contributed by atoms with Crippen molar-refractivity contribution in [3.63, 3.8) is 0 Å². The smallest absolute Gasteiger partial charge is 0.380 e. The lowest BCUT2D eigenvalue weighted by atomic mass is 10.1. The quantitative estimate of drug-likeness (QED) is 0.486. The van der Waals surface area contributed by atoms with Crippen LogP contribution < -0.4 is 5.32 Å². The van der Waals surface area contributed by atoms with E-state index in [4.69, 9.17) is 4.74 Å². The minimum atomic E-state index is -0.983. The molecule has 0 fully saturated rings. The van der Waals surface area contributed by atoms with Crippen molar-refractivity contribution in [1.29, 1.82) is 0 Å². The number of hydrogen-bond donors (Lipinski definition) is 1. The molecule has 1 N–H and O–H groups in total. The number of Topliss-reactive ketones (excluding diaryl/α,β-unsaturated/α-hetero) is 2. The van der Waals surface area contributed by atoms with E-state index in [-0.39, 0.29) is 27.8 Å². The number of esters is 1. The zero-order valence-corrected chi connectivity index (χ0v) is 14.9. The SMILES string of the molecule is CCOC(=O)C(=O)c1sc(NC(=O)c2ccccc2)c(C(C)=O)c1C. The Hall–Kier alpha value is -2.80. The highest BCUT2D eigenvalue weighted by Gasteiger charge is 2.28. The summed E-state index contributed by atoms with van der Waals surface area (Å²) in [5, 5.41) is 2.89. The first-order valence-corrected chi connectivity index (χ1v) is 8.40. The number of nitrogens with one attached hydrogen (secondary N) is 1. The number of hydrogen-bond acceptors (Lipinski definition) is 6. The highest BCUT2D eigenvalue weighted by Crippen LogP contribution is 2.34. The van der Waals surface area contributed by atoms with Gasteiger partial charge in [-0.25, -0.2) is 4.79 Å².